The zero-order chi connectivity index (χ0) is 13.5. The third-order valence-corrected chi connectivity index (χ3v) is 2.72. The quantitative estimate of drug-likeness (QED) is 0.884. The van der Waals surface area contributed by atoms with Gasteiger partial charge >= 0.3 is 0 Å². The van der Waals surface area contributed by atoms with E-state index in [9.17, 15) is 0 Å². The Hall–Kier alpha value is -2.47. The lowest BCUT2D eigenvalue weighted by Gasteiger charge is -2.09. The van der Waals surface area contributed by atoms with Gasteiger partial charge in [0.25, 0.3) is 0 Å². The molecule has 0 saturated carbocycles. The van der Waals surface area contributed by atoms with E-state index in [2.05, 4.69) is 11.4 Å². The van der Waals surface area contributed by atoms with Crippen LogP contribution in [0.25, 0.3) is 0 Å². The van der Waals surface area contributed by atoms with Gasteiger partial charge in [0.05, 0.1) is 18.2 Å². The number of rotatable bonds is 5. The SMILES string of the molecule is CCOc1cccc(NCc2ccc(C#N)cc2)c1. The molecule has 0 heterocycles. The summed E-state index contributed by atoms with van der Waals surface area (Å²) in [6.45, 7) is 3.36. The van der Waals surface area contributed by atoms with Crippen LogP contribution in [0.1, 0.15) is 18.1 Å². The summed E-state index contributed by atoms with van der Waals surface area (Å²) in [5, 5.41) is 12.1. The molecule has 0 radical (unpaired) electrons. The molecule has 2 rings (SSSR count). The monoisotopic (exact) mass is 252 g/mol. The van der Waals surface area contributed by atoms with E-state index in [-0.39, 0.29) is 0 Å². The Morgan fingerprint density at radius 2 is 1.95 bits per heavy atom. The third kappa shape index (κ3) is 3.75. The second-order valence-electron chi connectivity index (χ2n) is 4.12. The Kier molecular flexibility index (Phi) is 4.41. The topological polar surface area (TPSA) is 45.0 Å². The lowest BCUT2D eigenvalue weighted by atomic mass is 10.1. The van der Waals surface area contributed by atoms with Crippen LogP contribution < -0.4 is 10.1 Å². The predicted molar refractivity (Wildman–Crippen MR) is 76.1 cm³/mol. The van der Waals surface area contributed by atoms with E-state index in [1.807, 2.05) is 55.5 Å². The van der Waals surface area contributed by atoms with Crippen molar-refractivity contribution in [3.05, 3.63) is 59.7 Å². The molecule has 3 heteroatoms. The van der Waals surface area contributed by atoms with Crippen LogP contribution in [-0.4, -0.2) is 6.61 Å². The summed E-state index contributed by atoms with van der Waals surface area (Å²) in [7, 11) is 0. The first-order valence-electron chi connectivity index (χ1n) is 6.27. The predicted octanol–water partition coefficient (Wildman–Crippen LogP) is 3.57. The maximum atomic E-state index is 8.74. The largest absolute Gasteiger partial charge is 0.494 e. The first kappa shape index (κ1) is 13.0. The molecule has 0 aliphatic heterocycles. The molecule has 0 fully saturated rings. The number of nitriles is 1. The van der Waals surface area contributed by atoms with E-state index in [1.54, 1.807) is 0 Å². The maximum absolute atomic E-state index is 8.74. The molecule has 19 heavy (non-hydrogen) atoms. The number of nitrogens with one attached hydrogen (secondary N) is 1. The standard InChI is InChI=1S/C16H16N2O/c1-2-19-16-5-3-4-15(10-16)18-12-14-8-6-13(11-17)7-9-14/h3-10,18H,2,12H2,1H3. The van der Waals surface area contributed by atoms with Gasteiger partial charge < -0.3 is 10.1 Å². The molecular weight excluding hydrogens is 236 g/mol. The van der Waals surface area contributed by atoms with E-state index in [1.165, 1.54) is 0 Å². The molecule has 0 aliphatic carbocycles. The van der Waals surface area contributed by atoms with E-state index in [0.717, 1.165) is 23.5 Å². The maximum Gasteiger partial charge on any atom is 0.121 e. The smallest absolute Gasteiger partial charge is 0.121 e. The van der Waals surface area contributed by atoms with Gasteiger partial charge in [-0.15, -0.1) is 0 Å². The second-order valence-corrected chi connectivity index (χ2v) is 4.12. The average Bonchev–Trinajstić information content (AvgIpc) is 2.46. The molecule has 1 N–H and O–H groups in total. The van der Waals surface area contributed by atoms with Crippen LogP contribution in [0.3, 0.4) is 0 Å². The molecule has 2 aromatic rings. The minimum atomic E-state index is 0.666. The fourth-order valence-corrected chi connectivity index (χ4v) is 1.76. The highest BCUT2D eigenvalue weighted by molar-refractivity contribution is 5.48. The Morgan fingerprint density at radius 1 is 1.16 bits per heavy atom. The average molecular weight is 252 g/mol. The second kappa shape index (κ2) is 6.46. The van der Waals surface area contributed by atoms with Gasteiger partial charge in [-0.05, 0) is 36.8 Å². The highest BCUT2D eigenvalue weighted by Gasteiger charge is 1.97. The van der Waals surface area contributed by atoms with Gasteiger partial charge in [-0.3, -0.25) is 0 Å². The summed E-state index contributed by atoms with van der Waals surface area (Å²) < 4.78 is 5.45. The van der Waals surface area contributed by atoms with Crippen molar-refractivity contribution in [3.63, 3.8) is 0 Å². The number of ether oxygens (including phenoxy) is 1. The summed E-state index contributed by atoms with van der Waals surface area (Å²) >= 11 is 0. The first-order chi connectivity index (χ1) is 9.31. The van der Waals surface area contributed by atoms with E-state index < -0.39 is 0 Å². The number of hydrogen-bond acceptors (Lipinski definition) is 3. The molecule has 0 amide bonds. The van der Waals surface area contributed by atoms with Crippen molar-refractivity contribution >= 4 is 5.69 Å². The molecule has 0 saturated heterocycles. The zero-order valence-corrected chi connectivity index (χ0v) is 10.9. The van der Waals surface area contributed by atoms with Crippen LogP contribution in [-0.2, 0) is 6.54 Å². The van der Waals surface area contributed by atoms with Crippen LogP contribution in [0.15, 0.2) is 48.5 Å². The molecule has 2 aromatic carbocycles. The van der Waals surface area contributed by atoms with Crippen molar-refractivity contribution in [1.29, 1.82) is 5.26 Å². The lowest BCUT2D eigenvalue weighted by Crippen LogP contribution is -2.00. The summed E-state index contributed by atoms with van der Waals surface area (Å²) in [6, 6.07) is 17.6. The van der Waals surface area contributed by atoms with Crippen molar-refractivity contribution < 1.29 is 4.74 Å². The van der Waals surface area contributed by atoms with E-state index >= 15 is 0 Å². The van der Waals surface area contributed by atoms with Crippen LogP contribution in [0.5, 0.6) is 5.75 Å². The van der Waals surface area contributed by atoms with Crippen LogP contribution in [0.2, 0.25) is 0 Å². The van der Waals surface area contributed by atoms with Crippen molar-refractivity contribution in [2.75, 3.05) is 11.9 Å². The summed E-state index contributed by atoms with van der Waals surface area (Å²) in [6.07, 6.45) is 0. The van der Waals surface area contributed by atoms with Crippen LogP contribution in [0, 0.1) is 11.3 Å². The normalized spacial score (nSPS) is 9.68. The molecule has 96 valence electrons. The van der Waals surface area contributed by atoms with Crippen LogP contribution in [0.4, 0.5) is 5.69 Å². The third-order valence-electron chi connectivity index (χ3n) is 2.72. The van der Waals surface area contributed by atoms with Gasteiger partial charge in [0.2, 0.25) is 0 Å². The van der Waals surface area contributed by atoms with Gasteiger partial charge in [0.1, 0.15) is 5.75 Å². The minimum Gasteiger partial charge on any atom is -0.494 e. The van der Waals surface area contributed by atoms with E-state index in [0.29, 0.717) is 12.2 Å². The highest BCUT2D eigenvalue weighted by atomic mass is 16.5. The van der Waals surface area contributed by atoms with Crippen molar-refractivity contribution in [2.45, 2.75) is 13.5 Å². The fraction of sp³-hybridized carbons (Fsp3) is 0.188. The Labute approximate surface area is 113 Å². The molecule has 0 spiro atoms. The number of hydrogen-bond donors (Lipinski definition) is 1. The number of nitrogens with zero attached hydrogens (tertiary/aromatic N) is 1. The van der Waals surface area contributed by atoms with E-state index in [4.69, 9.17) is 10.00 Å². The summed E-state index contributed by atoms with van der Waals surface area (Å²) in [5.41, 5.74) is 2.85. The Morgan fingerprint density at radius 3 is 2.63 bits per heavy atom. The fourth-order valence-electron chi connectivity index (χ4n) is 1.76. The lowest BCUT2D eigenvalue weighted by molar-refractivity contribution is 0.340. The zero-order valence-electron chi connectivity index (χ0n) is 10.9. The van der Waals surface area contributed by atoms with Gasteiger partial charge in [-0.1, -0.05) is 18.2 Å². The first-order valence-corrected chi connectivity index (χ1v) is 6.27. The Bertz CT molecular complexity index is 570. The molecular formula is C16H16N2O. The van der Waals surface area contributed by atoms with Crippen molar-refractivity contribution in [1.82, 2.24) is 0 Å². The van der Waals surface area contributed by atoms with Crippen LogP contribution >= 0.6 is 0 Å². The highest BCUT2D eigenvalue weighted by Crippen LogP contribution is 2.18. The minimum absolute atomic E-state index is 0.666. The summed E-state index contributed by atoms with van der Waals surface area (Å²) in [5.74, 6) is 0.868. The van der Waals surface area contributed by atoms with Gasteiger partial charge in [0, 0.05) is 18.3 Å². The van der Waals surface area contributed by atoms with Gasteiger partial charge in [-0.2, -0.15) is 5.26 Å². The van der Waals surface area contributed by atoms with Crippen molar-refractivity contribution in [3.8, 4) is 11.8 Å². The summed E-state index contributed by atoms with van der Waals surface area (Å²) in [4.78, 5) is 0. The molecule has 0 aliphatic rings. The molecule has 0 atom stereocenters. The van der Waals surface area contributed by atoms with Crippen molar-refractivity contribution in [2.24, 2.45) is 0 Å². The molecule has 0 aromatic heterocycles. The molecule has 3 nitrogen and oxygen atoms in total. The van der Waals surface area contributed by atoms with Gasteiger partial charge in [-0.25, -0.2) is 0 Å². The molecule has 0 bridgehead atoms. The van der Waals surface area contributed by atoms with Gasteiger partial charge in [0.15, 0.2) is 0 Å². The molecule has 0 unspecified atom stereocenters. The Balaban J connectivity index is 1.97. The number of anilines is 1. The number of benzene rings is 2.